The standard InChI is InChI=1S/C15H22F2N2O/c1-19(2)15(6-3-7-15)10-18-9-14(20)12-8-11(16)4-5-13(12)17/h4-5,8,14,18,20H,3,6-7,9-10H2,1-2H3. The lowest BCUT2D eigenvalue weighted by atomic mass is 9.75. The molecular formula is C15H22F2N2O. The van der Waals surface area contributed by atoms with E-state index in [0.29, 0.717) is 0 Å². The average molecular weight is 284 g/mol. The summed E-state index contributed by atoms with van der Waals surface area (Å²) < 4.78 is 26.6. The molecule has 1 saturated carbocycles. The van der Waals surface area contributed by atoms with Gasteiger partial charge in [0, 0.05) is 24.2 Å². The number of aliphatic hydroxyl groups excluding tert-OH is 1. The van der Waals surface area contributed by atoms with Crippen molar-refractivity contribution in [1.82, 2.24) is 10.2 Å². The van der Waals surface area contributed by atoms with Crippen molar-refractivity contribution in [3.63, 3.8) is 0 Å². The van der Waals surface area contributed by atoms with Crippen LogP contribution in [0.15, 0.2) is 18.2 Å². The molecule has 0 aliphatic heterocycles. The molecule has 1 aliphatic carbocycles. The lowest BCUT2D eigenvalue weighted by Crippen LogP contribution is -2.56. The lowest BCUT2D eigenvalue weighted by Gasteiger charge is -2.47. The number of rotatable bonds is 6. The number of hydrogen-bond acceptors (Lipinski definition) is 3. The number of likely N-dealkylation sites (N-methyl/N-ethyl adjacent to an activating group) is 1. The van der Waals surface area contributed by atoms with Crippen LogP contribution in [0.4, 0.5) is 8.78 Å². The van der Waals surface area contributed by atoms with Gasteiger partial charge in [0.15, 0.2) is 0 Å². The lowest BCUT2D eigenvalue weighted by molar-refractivity contribution is 0.0553. The first-order chi connectivity index (χ1) is 9.44. The number of nitrogens with zero attached hydrogens (tertiary/aromatic N) is 1. The summed E-state index contributed by atoms with van der Waals surface area (Å²) in [5, 5.41) is 13.1. The Morgan fingerprint density at radius 2 is 2.05 bits per heavy atom. The average Bonchev–Trinajstić information content (AvgIpc) is 2.34. The molecule has 0 radical (unpaired) electrons. The number of halogens is 2. The Labute approximate surface area is 118 Å². The van der Waals surface area contributed by atoms with Crippen LogP contribution < -0.4 is 5.32 Å². The minimum Gasteiger partial charge on any atom is -0.387 e. The summed E-state index contributed by atoms with van der Waals surface area (Å²) in [4.78, 5) is 2.19. The van der Waals surface area contributed by atoms with Crippen molar-refractivity contribution in [3.05, 3.63) is 35.4 Å². The zero-order valence-corrected chi connectivity index (χ0v) is 12.0. The molecule has 1 aromatic carbocycles. The van der Waals surface area contributed by atoms with Crippen molar-refractivity contribution < 1.29 is 13.9 Å². The second kappa shape index (κ2) is 6.16. The number of hydrogen-bond donors (Lipinski definition) is 2. The highest BCUT2D eigenvalue weighted by Crippen LogP contribution is 2.35. The SMILES string of the molecule is CN(C)C1(CNCC(O)c2cc(F)ccc2F)CCC1. The summed E-state index contributed by atoms with van der Waals surface area (Å²) in [6.07, 6.45) is 2.42. The van der Waals surface area contributed by atoms with Gasteiger partial charge in [-0.15, -0.1) is 0 Å². The van der Waals surface area contributed by atoms with Crippen LogP contribution in [-0.2, 0) is 0 Å². The molecule has 2 N–H and O–H groups in total. The smallest absolute Gasteiger partial charge is 0.129 e. The van der Waals surface area contributed by atoms with E-state index in [4.69, 9.17) is 0 Å². The van der Waals surface area contributed by atoms with E-state index in [2.05, 4.69) is 10.2 Å². The van der Waals surface area contributed by atoms with E-state index in [1.807, 2.05) is 14.1 Å². The second-order valence-electron chi connectivity index (χ2n) is 5.78. The third-order valence-corrected chi connectivity index (χ3v) is 4.34. The molecule has 1 unspecified atom stereocenters. The van der Waals surface area contributed by atoms with Crippen LogP contribution in [0.5, 0.6) is 0 Å². The molecule has 20 heavy (non-hydrogen) atoms. The van der Waals surface area contributed by atoms with E-state index < -0.39 is 17.7 Å². The van der Waals surface area contributed by atoms with Crippen molar-refractivity contribution in [1.29, 1.82) is 0 Å². The third kappa shape index (κ3) is 3.16. The minimum atomic E-state index is -1.04. The van der Waals surface area contributed by atoms with E-state index in [0.717, 1.165) is 37.6 Å². The maximum Gasteiger partial charge on any atom is 0.129 e. The van der Waals surface area contributed by atoms with Crippen molar-refractivity contribution in [2.75, 3.05) is 27.2 Å². The molecule has 3 nitrogen and oxygen atoms in total. The summed E-state index contributed by atoms with van der Waals surface area (Å²) in [6.45, 7) is 0.962. The van der Waals surface area contributed by atoms with Crippen LogP contribution in [0, 0.1) is 11.6 Å². The molecule has 1 atom stereocenters. The number of nitrogens with one attached hydrogen (secondary N) is 1. The fourth-order valence-corrected chi connectivity index (χ4v) is 2.69. The molecule has 0 saturated heterocycles. The summed E-state index contributed by atoms with van der Waals surface area (Å²) in [7, 11) is 4.09. The summed E-state index contributed by atoms with van der Waals surface area (Å²) in [5.41, 5.74) is 0.144. The van der Waals surface area contributed by atoms with Gasteiger partial charge in [0.2, 0.25) is 0 Å². The maximum atomic E-state index is 13.5. The van der Waals surface area contributed by atoms with Gasteiger partial charge in [-0.1, -0.05) is 0 Å². The quantitative estimate of drug-likeness (QED) is 0.839. The maximum absolute atomic E-state index is 13.5. The molecule has 0 aromatic heterocycles. The Morgan fingerprint density at radius 3 is 2.60 bits per heavy atom. The van der Waals surface area contributed by atoms with Crippen LogP contribution in [0.1, 0.15) is 30.9 Å². The highest BCUT2D eigenvalue weighted by atomic mass is 19.1. The Bertz CT molecular complexity index is 461. The van der Waals surface area contributed by atoms with Crippen molar-refractivity contribution in [2.45, 2.75) is 30.9 Å². The van der Waals surface area contributed by atoms with Gasteiger partial charge in [-0.05, 0) is 51.6 Å². The Balaban J connectivity index is 1.89. The largest absolute Gasteiger partial charge is 0.387 e. The molecule has 0 spiro atoms. The molecule has 112 valence electrons. The summed E-state index contributed by atoms with van der Waals surface area (Å²) in [5.74, 6) is -1.11. The first-order valence-corrected chi connectivity index (χ1v) is 6.96. The van der Waals surface area contributed by atoms with Crippen molar-refractivity contribution in [3.8, 4) is 0 Å². The van der Waals surface area contributed by atoms with Crippen LogP contribution in [0.25, 0.3) is 0 Å². The van der Waals surface area contributed by atoms with Gasteiger partial charge in [0.1, 0.15) is 11.6 Å². The van der Waals surface area contributed by atoms with Gasteiger partial charge in [-0.25, -0.2) is 8.78 Å². The third-order valence-electron chi connectivity index (χ3n) is 4.34. The van der Waals surface area contributed by atoms with Crippen LogP contribution in [0.2, 0.25) is 0 Å². The van der Waals surface area contributed by atoms with E-state index >= 15 is 0 Å². The van der Waals surface area contributed by atoms with E-state index in [9.17, 15) is 13.9 Å². The van der Waals surface area contributed by atoms with Crippen LogP contribution in [-0.4, -0.2) is 42.7 Å². The molecule has 0 amide bonds. The van der Waals surface area contributed by atoms with Gasteiger partial charge >= 0.3 is 0 Å². The van der Waals surface area contributed by atoms with Crippen LogP contribution in [0.3, 0.4) is 0 Å². The molecule has 5 heteroatoms. The van der Waals surface area contributed by atoms with Gasteiger partial charge in [-0.3, -0.25) is 0 Å². The summed E-state index contributed by atoms with van der Waals surface area (Å²) >= 11 is 0. The van der Waals surface area contributed by atoms with E-state index in [1.54, 1.807) is 0 Å². The molecule has 0 heterocycles. The van der Waals surface area contributed by atoms with Gasteiger partial charge < -0.3 is 15.3 Å². The van der Waals surface area contributed by atoms with Gasteiger partial charge in [0.25, 0.3) is 0 Å². The molecule has 1 fully saturated rings. The van der Waals surface area contributed by atoms with E-state index in [1.165, 1.54) is 6.42 Å². The highest BCUT2D eigenvalue weighted by molar-refractivity contribution is 5.21. The highest BCUT2D eigenvalue weighted by Gasteiger charge is 2.38. The van der Waals surface area contributed by atoms with Gasteiger partial charge in [0.05, 0.1) is 6.10 Å². The van der Waals surface area contributed by atoms with Crippen LogP contribution >= 0.6 is 0 Å². The normalized spacial score (nSPS) is 18.9. The first kappa shape index (κ1) is 15.4. The fourth-order valence-electron chi connectivity index (χ4n) is 2.69. The monoisotopic (exact) mass is 284 g/mol. The Kier molecular flexibility index (Phi) is 4.73. The van der Waals surface area contributed by atoms with Gasteiger partial charge in [-0.2, -0.15) is 0 Å². The first-order valence-electron chi connectivity index (χ1n) is 6.96. The Morgan fingerprint density at radius 1 is 1.35 bits per heavy atom. The molecule has 1 aromatic rings. The second-order valence-corrected chi connectivity index (χ2v) is 5.78. The number of aliphatic hydroxyl groups is 1. The molecule has 2 rings (SSSR count). The predicted molar refractivity (Wildman–Crippen MR) is 74.5 cm³/mol. The Hall–Kier alpha value is -1.04. The van der Waals surface area contributed by atoms with E-state index in [-0.39, 0.29) is 17.6 Å². The topological polar surface area (TPSA) is 35.5 Å². The predicted octanol–water partition coefficient (Wildman–Crippen LogP) is 2.07. The fraction of sp³-hybridized carbons (Fsp3) is 0.600. The zero-order valence-electron chi connectivity index (χ0n) is 12.0. The minimum absolute atomic E-state index is 0.00464. The molecule has 1 aliphatic rings. The number of benzene rings is 1. The van der Waals surface area contributed by atoms with Crippen molar-refractivity contribution >= 4 is 0 Å². The van der Waals surface area contributed by atoms with Crippen molar-refractivity contribution in [2.24, 2.45) is 0 Å². The zero-order chi connectivity index (χ0) is 14.8. The summed E-state index contributed by atoms with van der Waals surface area (Å²) in [6, 6.07) is 3.14. The molecule has 0 bridgehead atoms. The molecular weight excluding hydrogens is 262 g/mol.